The average molecular weight is 423 g/mol. The fraction of sp³-hybridized carbons (Fsp3) is 0.0667. The zero-order chi connectivity index (χ0) is 16.6. The van der Waals surface area contributed by atoms with Crippen LogP contribution in [0.3, 0.4) is 0 Å². The van der Waals surface area contributed by atoms with E-state index in [0.717, 1.165) is 3.57 Å². The van der Waals surface area contributed by atoms with Crippen molar-refractivity contribution in [3.05, 3.63) is 66.0 Å². The molecule has 0 unspecified atom stereocenters. The molecule has 23 heavy (non-hydrogen) atoms. The van der Waals surface area contributed by atoms with Crippen molar-refractivity contribution in [3.63, 3.8) is 0 Å². The highest BCUT2D eigenvalue weighted by Crippen LogP contribution is 2.18. The number of halogens is 1. The number of aromatic nitrogens is 2. The van der Waals surface area contributed by atoms with E-state index in [9.17, 15) is 14.9 Å². The van der Waals surface area contributed by atoms with Crippen LogP contribution in [-0.2, 0) is 7.05 Å². The van der Waals surface area contributed by atoms with E-state index in [2.05, 4.69) is 27.6 Å². The summed E-state index contributed by atoms with van der Waals surface area (Å²) in [4.78, 5) is 26.8. The molecule has 2 heterocycles. The van der Waals surface area contributed by atoms with Gasteiger partial charge in [-0.05, 0) is 59.0 Å². The Morgan fingerprint density at radius 1 is 1.30 bits per heavy atom. The third kappa shape index (κ3) is 3.02. The van der Waals surface area contributed by atoms with Gasteiger partial charge in [0.1, 0.15) is 16.5 Å². The highest BCUT2D eigenvalue weighted by atomic mass is 127. The second kappa shape index (κ2) is 5.95. The molecule has 0 radical (unpaired) electrons. The Kier molecular flexibility index (Phi) is 3.99. The maximum absolute atomic E-state index is 12.4. The van der Waals surface area contributed by atoms with Crippen molar-refractivity contribution in [3.8, 4) is 0 Å². The standard InChI is InChI=1S/C15H10IN3O4/c1-18-13(6-3-10-4-7-14(23-10)19(21)22)17-12-5-2-9(16)8-11(12)15(18)20/h2-8H,1H3/b6-3+. The highest BCUT2D eigenvalue weighted by Gasteiger charge is 2.10. The van der Waals surface area contributed by atoms with Crippen molar-refractivity contribution in [2.75, 3.05) is 0 Å². The largest absolute Gasteiger partial charge is 0.433 e. The Morgan fingerprint density at radius 2 is 2.09 bits per heavy atom. The zero-order valence-corrected chi connectivity index (χ0v) is 14.1. The van der Waals surface area contributed by atoms with Crippen LogP contribution in [0.4, 0.5) is 5.88 Å². The molecule has 2 aromatic heterocycles. The van der Waals surface area contributed by atoms with Crippen LogP contribution in [-0.4, -0.2) is 14.5 Å². The minimum atomic E-state index is -0.608. The molecular formula is C15H10IN3O4. The third-order valence-electron chi connectivity index (χ3n) is 3.26. The number of benzene rings is 1. The van der Waals surface area contributed by atoms with E-state index >= 15 is 0 Å². The first-order valence-corrected chi connectivity index (χ1v) is 7.62. The minimum Gasteiger partial charge on any atom is -0.401 e. The molecule has 0 amide bonds. The predicted octanol–water partition coefficient (Wildman–Crippen LogP) is 3.21. The summed E-state index contributed by atoms with van der Waals surface area (Å²) in [5, 5.41) is 11.1. The van der Waals surface area contributed by atoms with Gasteiger partial charge in [-0.1, -0.05) is 0 Å². The quantitative estimate of drug-likeness (QED) is 0.367. The first-order valence-electron chi connectivity index (χ1n) is 6.54. The van der Waals surface area contributed by atoms with Gasteiger partial charge in [0.25, 0.3) is 5.56 Å². The van der Waals surface area contributed by atoms with Gasteiger partial charge in [-0.3, -0.25) is 19.5 Å². The maximum Gasteiger partial charge on any atom is 0.433 e. The first kappa shape index (κ1) is 15.4. The normalized spacial score (nSPS) is 11.4. The molecule has 0 spiro atoms. The fourth-order valence-electron chi connectivity index (χ4n) is 2.10. The molecule has 0 aliphatic heterocycles. The summed E-state index contributed by atoms with van der Waals surface area (Å²) in [6.07, 6.45) is 3.12. The van der Waals surface area contributed by atoms with Gasteiger partial charge in [-0.2, -0.15) is 0 Å². The van der Waals surface area contributed by atoms with Crippen molar-refractivity contribution in [2.24, 2.45) is 7.05 Å². The van der Waals surface area contributed by atoms with Gasteiger partial charge in [0, 0.05) is 10.6 Å². The second-order valence-electron chi connectivity index (χ2n) is 4.76. The van der Waals surface area contributed by atoms with E-state index in [1.807, 2.05) is 6.07 Å². The van der Waals surface area contributed by atoms with Gasteiger partial charge >= 0.3 is 5.88 Å². The highest BCUT2D eigenvalue weighted by molar-refractivity contribution is 14.1. The second-order valence-corrected chi connectivity index (χ2v) is 6.01. The molecule has 0 aliphatic carbocycles. The van der Waals surface area contributed by atoms with Crippen LogP contribution >= 0.6 is 22.6 Å². The van der Waals surface area contributed by atoms with Gasteiger partial charge < -0.3 is 4.42 Å². The van der Waals surface area contributed by atoms with Crippen molar-refractivity contribution in [2.45, 2.75) is 0 Å². The monoisotopic (exact) mass is 423 g/mol. The van der Waals surface area contributed by atoms with Gasteiger partial charge in [-0.15, -0.1) is 0 Å². The van der Waals surface area contributed by atoms with Crippen molar-refractivity contribution in [1.29, 1.82) is 0 Å². The maximum atomic E-state index is 12.4. The van der Waals surface area contributed by atoms with E-state index < -0.39 is 4.92 Å². The molecular weight excluding hydrogens is 413 g/mol. The molecule has 0 bridgehead atoms. The number of furan rings is 1. The molecule has 0 atom stereocenters. The summed E-state index contributed by atoms with van der Waals surface area (Å²) in [6, 6.07) is 8.20. The Balaban J connectivity index is 2.04. The minimum absolute atomic E-state index is 0.154. The Hall–Kier alpha value is -2.49. The molecule has 1 aromatic carbocycles. The van der Waals surface area contributed by atoms with Crippen LogP contribution < -0.4 is 5.56 Å². The van der Waals surface area contributed by atoms with Crippen LogP contribution in [0, 0.1) is 13.7 Å². The fourth-order valence-corrected chi connectivity index (χ4v) is 2.59. The van der Waals surface area contributed by atoms with Gasteiger partial charge in [-0.25, -0.2) is 4.98 Å². The van der Waals surface area contributed by atoms with Crippen LogP contribution in [0.15, 0.2) is 39.5 Å². The summed E-state index contributed by atoms with van der Waals surface area (Å²) in [6.45, 7) is 0. The number of fused-ring (bicyclic) bond motifs is 1. The predicted molar refractivity (Wildman–Crippen MR) is 94.0 cm³/mol. The number of nitrogens with zero attached hydrogens (tertiary/aromatic N) is 3. The summed E-state index contributed by atoms with van der Waals surface area (Å²) >= 11 is 2.14. The van der Waals surface area contributed by atoms with E-state index in [1.165, 1.54) is 22.8 Å². The smallest absolute Gasteiger partial charge is 0.401 e. The molecule has 0 fully saturated rings. The average Bonchev–Trinajstić information content (AvgIpc) is 2.99. The lowest BCUT2D eigenvalue weighted by Gasteiger charge is -2.05. The Morgan fingerprint density at radius 3 is 2.78 bits per heavy atom. The molecule has 3 aromatic rings. The zero-order valence-electron chi connectivity index (χ0n) is 11.9. The number of hydrogen-bond acceptors (Lipinski definition) is 5. The molecule has 0 saturated carbocycles. The first-order chi connectivity index (χ1) is 11.0. The van der Waals surface area contributed by atoms with E-state index in [1.54, 1.807) is 25.3 Å². The lowest BCUT2D eigenvalue weighted by Crippen LogP contribution is -2.20. The third-order valence-corrected chi connectivity index (χ3v) is 3.93. The molecule has 8 heteroatoms. The molecule has 116 valence electrons. The summed E-state index contributed by atoms with van der Waals surface area (Å²) < 4.78 is 7.42. The van der Waals surface area contributed by atoms with Crippen LogP contribution in [0.5, 0.6) is 0 Å². The molecule has 0 N–H and O–H groups in total. The van der Waals surface area contributed by atoms with Crippen LogP contribution in [0.25, 0.3) is 23.1 Å². The van der Waals surface area contributed by atoms with Crippen molar-refractivity contribution < 1.29 is 9.34 Å². The number of rotatable bonds is 3. The molecule has 0 aliphatic rings. The van der Waals surface area contributed by atoms with Crippen molar-refractivity contribution >= 4 is 51.5 Å². The SMILES string of the molecule is Cn1c(/C=C/c2ccc([N+](=O)[O-])o2)nc2ccc(I)cc2c1=O. The van der Waals surface area contributed by atoms with E-state index in [0.29, 0.717) is 22.5 Å². The number of nitro groups is 1. The lowest BCUT2D eigenvalue weighted by atomic mass is 10.2. The molecule has 3 rings (SSSR count). The Bertz CT molecular complexity index is 1000. The van der Waals surface area contributed by atoms with Crippen LogP contribution in [0.1, 0.15) is 11.6 Å². The topological polar surface area (TPSA) is 91.2 Å². The van der Waals surface area contributed by atoms with Crippen molar-refractivity contribution in [1.82, 2.24) is 9.55 Å². The lowest BCUT2D eigenvalue weighted by molar-refractivity contribution is -0.402. The summed E-state index contributed by atoms with van der Waals surface area (Å²) in [7, 11) is 1.62. The van der Waals surface area contributed by atoms with E-state index in [-0.39, 0.29) is 11.4 Å². The van der Waals surface area contributed by atoms with Crippen LogP contribution in [0.2, 0.25) is 0 Å². The summed E-state index contributed by atoms with van der Waals surface area (Å²) in [5.74, 6) is 0.413. The van der Waals surface area contributed by atoms with Gasteiger partial charge in [0.05, 0.1) is 17.0 Å². The molecule has 0 saturated heterocycles. The van der Waals surface area contributed by atoms with Gasteiger partial charge in [0.2, 0.25) is 0 Å². The van der Waals surface area contributed by atoms with Gasteiger partial charge in [0.15, 0.2) is 0 Å². The number of hydrogen-bond donors (Lipinski definition) is 0. The molecule has 7 nitrogen and oxygen atoms in total. The van der Waals surface area contributed by atoms with E-state index in [4.69, 9.17) is 4.42 Å². The Labute approximate surface area is 143 Å². The summed E-state index contributed by atoms with van der Waals surface area (Å²) in [5.41, 5.74) is 0.442.